The number of likely N-dealkylation sites (tertiary alicyclic amines) is 1. The molecule has 0 radical (unpaired) electrons. The molecule has 0 spiro atoms. The second-order valence-corrected chi connectivity index (χ2v) is 7.53. The summed E-state index contributed by atoms with van der Waals surface area (Å²) in [7, 11) is 0. The Balaban J connectivity index is 2.11. The lowest BCUT2D eigenvalue weighted by Gasteiger charge is -2.26. The van der Waals surface area contributed by atoms with Crippen LogP contribution in [-0.2, 0) is 9.59 Å². The number of amides is 2. The van der Waals surface area contributed by atoms with Crippen molar-refractivity contribution in [2.45, 2.75) is 32.7 Å². The van der Waals surface area contributed by atoms with Gasteiger partial charge in [-0.3, -0.25) is 14.4 Å². The van der Waals surface area contributed by atoms with Crippen LogP contribution in [0.4, 0.5) is 0 Å². The topological polar surface area (TPSA) is 86.7 Å². The summed E-state index contributed by atoms with van der Waals surface area (Å²) >= 11 is 12.0. The van der Waals surface area contributed by atoms with Crippen molar-refractivity contribution in [1.82, 2.24) is 10.2 Å². The molecule has 2 N–H and O–H groups in total. The summed E-state index contributed by atoms with van der Waals surface area (Å²) in [6.45, 7) is 3.47. The van der Waals surface area contributed by atoms with E-state index in [4.69, 9.17) is 28.3 Å². The molecule has 1 heterocycles. The predicted octanol–water partition coefficient (Wildman–Crippen LogP) is 2.83. The minimum absolute atomic E-state index is 0.0163. The number of carboxylic acid groups (broad SMARTS) is 1. The summed E-state index contributed by atoms with van der Waals surface area (Å²) in [5.74, 6) is -1.72. The number of nitrogens with one attached hydrogen (secondary N) is 1. The number of hydrogen-bond donors (Lipinski definition) is 2. The molecule has 136 valence electrons. The van der Waals surface area contributed by atoms with E-state index >= 15 is 0 Å². The Bertz CT molecular complexity index is 706. The predicted molar refractivity (Wildman–Crippen MR) is 94.9 cm³/mol. The van der Waals surface area contributed by atoms with Crippen LogP contribution >= 0.6 is 23.2 Å². The minimum atomic E-state index is -1.08. The van der Waals surface area contributed by atoms with Gasteiger partial charge in [-0.05, 0) is 44.9 Å². The molecule has 25 heavy (non-hydrogen) atoms. The van der Waals surface area contributed by atoms with Gasteiger partial charge in [0, 0.05) is 18.1 Å². The summed E-state index contributed by atoms with van der Waals surface area (Å²) < 4.78 is 0. The SMILES string of the molecule is CC(C)(CNC(=O)C1CCCN1C(=O)c1cc(Cl)ccc1Cl)C(=O)O. The molecule has 1 unspecified atom stereocenters. The van der Waals surface area contributed by atoms with Gasteiger partial charge in [0.2, 0.25) is 5.91 Å². The second-order valence-electron chi connectivity index (χ2n) is 6.69. The highest BCUT2D eigenvalue weighted by Crippen LogP contribution is 2.26. The second kappa shape index (κ2) is 7.62. The van der Waals surface area contributed by atoms with Crippen molar-refractivity contribution in [2.75, 3.05) is 13.1 Å². The van der Waals surface area contributed by atoms with E-state index in [1.165, 1.54) is 30.9 Å². The van der Waals surface area contributed by atoms with E-state index in [2.05, 4.69) is 5.32 Å². The zero-order valence-corrected chi connectivity index (χ0v) is 15.5. The van der Waals surface area contributed by atoms with E-state index < -0.39 is 17.4 Å². The average Bonchev–Trinajstić information content (AvgIpc) is 3.03. The van der Waals surface area contributed by atoms with Crippen LogP contribution in [0.2, 0.25) is 10.0 Å². The van der Waals surface area contributed by atoms with Crippen molar-refractivity contribution in [3.05, 3.63) is 33.8 Å². The van der Waals surface area contributed by atoms with Crippen molar-refractivity contribution < 1.29 is 19.5 Å². The quantitative estimate of drug-likeness (QED) is 0.814. The number of nitrogens with zero attached hydrogens (tertiary/aromatic N) is 1. The molecule has 0 aromatic heterocycles. The molecular weight excluding hydrogens is 367 g/mol. The van der Waals surface area contributed by atoms with Gasteiger partial charge < -0.3 is 15.3 Å². The summed E-state index contributed by atoms with van der Waals surface area (Å²) in [5, 5.41) is 12.4. The third kappa shape index (κ3) is 4.44. The van der Waals surface area contributed by atoms with Gasteiger partial charge in [0.15, 0.2) is 0 Å². The first-order chi connectivity index (χ1) is 11.6. The van der Waals surface area contributed by atoms with Crippen molar-refractivity contribution >= 4 is 41.0 Å². The highest BCUT2D eigenvalue weighted by molar-refractivity contribution is 6.35. The van der Waals surface area contributed by atoms with Crippen LogP contribution in [0.1, 0.15) is 37.0 Å². The van der Waals surface area contributed by atoms with E-state index in [9.17, 15) is 14.4 Å². The minimum Gasteiger partial charge on any atom is -0.481 e. The van der Waals surface area contributed by atoms with Crippen LogP contribution in [0.25, 0.3) is 0 Å². The van der Waals surface area contributed by atoms with Crippen LogP contribution in [0.15, 0.2) is 18.2 Å². The van der Waals surface area contributed by atoms with Gasteiger partial charge in [-0.1, -0.05) is 23.2 Å². The summed E-state index contributed by atoms with van der Waals surface area (Å²) in [6, 6.07) is 3.96. The lowest BCUT2D eigenvalue weighted by Crippen LogP contribution is -2.49. The monoisotopic (exact) mass is 386 g/mol. The van der Waals surface area contributed by atoms with Crippen molar-refractivity contribution in [3.63, 3.8) is 0 Å². The van der Waals surface area contributed by atoms with Crippen molar-refractivity contribution in [1.29, 1.82) is 0 Å². The third-order valence-corrected chi connectivity index (χ3v) is 4.82. The van der Waals surface area contributed by atoms with Gasteiger partial charge in [-0.25, -0.2) is 0 Å². The molecule has 0 bridgehead atoms. The third-order valence-electron chi connectivity index (χ3n) is 4.26. The van der Waals surface area contributed by atoms with Crippen LogP contribution in [-0.4, -0.2) is 46.9 Å². The zero-order valence-electron chi connectivity index (χ0n) is 14.0. The lowest BCUT2D eigenvalue weighted by molar-refractivity contribution is -0.146. The van der Waals surface area contributed by atoms with Gasteiger partial charge in [0.25, 0.3) is 5.91 Å². The molecule has 2 rings (SSSR count). The maximum Gasteiger partial charge on any atom is 0.310 e. The molecule has 8 heteroatoms. The Kier molecular flexibility index (Phi) is 5.95. The molecule has 1 aliphatic heterocycles. The molecule has 6 nitrogen and oxygen atoms in total. The Labute approximate surface area is 156 Å². The molecule has 1 atom stereocenters. The van der Waals surface area contributed by atoms with Gasteiger partial charge in [-0.15, -0.1) is 0 Å². The smallest absolute Gasteiger partial charge is 0.310 e. The number of carbonyl (C=O) groups excluding carboxylic acids is 2. The van der Waals surface area contributed by atoms with Crippen LogP contribution < -0.4 is 5.32 Å². The van der Waals surface area contributed by atoms with Crippen LogP contribution in [0.3, 0.4) is 0 Å². The molecule has 0 aliphatic carbocycles. The first kappa shape index (κ1) is 19.5. The van der Waals surface area contributed by atoms with Crippen molar-refractivity contribution in [3.8, 4) is 0 Å². The molecule has 1 saturated heterocycles. The Morgan fingerprint density at radius 2 is 2.00 bits per heavy atom. The number of carbonyl (C=O) groups is 3. The number of hydrogen-bond acceptors (Lipinski definition) is 3. The first-order valence-electron chi connectivity index (χ1n) is 7.90. The number of rotatable bonds is 5. The highest BCUT2D eigenvalue weighted by Gasteiger charge is 2.36. The van der Waals surface area contributed by atoms with Crippen molar-refractivity contribution in [2.24, 2.45) is 5.41 Å². The van der Waals surface area contributed by atoms with E-state index in [0.29, 0.717) is 24.4 Å². The molecule has 1 aromatic rings. The molecular formula is C17H20Cl2N2O4. The normalized spacial score (nSPS) is 17.4. The van der Waals surface area contributed by atoms with E-state index in [1.807, 2.05) is 0 Å². The molecule has 1 fully saturated rings. The van der Waals surface area contributed by atoms with Crippen LogP contribution in [0, 0.1) is 5.41 Å². The number of carboxylic acids is 1. The van der Waals surface area contributed by atoms with E-state index in [1.54, 1.807) is 6.07 Å². The van der Waals surface area contributed by atoms with Gasteiger partial charge in [0.1, 0.15) is 6.04 Å². The number of halogens is 2. The average molecular weight is 387 g/mol. The van der Waals surface area contributed by atoms with E-state index in [0.717, 1.165) is 0 Å². The summed E-state index contributed by atoms with van der Waals surface area (Å²) in [5.41, 5.74) is -0.834. The number of aliphatic carboxylic acids is 1. The maximum atomic E-state index is 12.8. The largest absolute Gasteiger partial charge is 0.481 e. The van der Waals surface area contributed by atoms with Gasteiger partial charge in [-0.2, -0.15) is 0 Å². The Morgan fingerprint density at radius 1 is 1.32 bits per heavy atom. The van der Waals surface area contributed by atoms with Gasteiger partial charge in [0.05, 0.1) is 16.0 Å². The van der Waals surface area contributed by atoms with Gasteiger partial charge >= 0.3 is 5.97 Å². The fraction of sp³-hybridized carbons (Fsp3) is 0.471. The number of benzene rings is 1. The fourth-order valence-electron chi connectivity index (χ4n) is 2.60. The Morgan fingerprint density at radius 3 is 2.64 bits per heavy atom. The maximum absolute atomic E-state index is 12.8. The van der Waals surface area contributed by atoms with Crippen LogP contribution in [0.5, 0.6) is 0 Å². The Hall–Kier alpha value is -1.79. The molecule has 2 amide bonds. The van der Waals surface area contributed by atoms with E-state index in [-0.39, 0.29) is 28.9 Å². The molecule has 1 aliphatic rings. The highest BCUT2D eigenvalue weighted by atomic mass is 35.5. The molecule has 1 aromatic carbocycles. The lowest BCUT2D eigenvalue weighted by atomic mass is 9.94. The standard InChI is InChI=1S/C17H20Cl2N2O4/c1-17(2,16(24)25)9-20-14(22)13-4-3-7-21(13)15(23)11-8-10(18)5-6-12(11)19/h5-6,8,13H,3-4,7,9H2,1-2H3,(H,20,22)(H,24,25). The fourth-order valence-corrected chi connectivity index (χ4v) is 2.97. The zero-order chi connectivity index (χ0) is 18.8. The summed E-state index contributed by atoms with van der Waals surface area (Å²) in [6.07, 6.45) is 1.20. The summed E-state index contributed by atoms with van der Waals surface area (Å²) in [4.78, 5) is 37.8. The molecule has 0 saturated carbocycles. The first-order valence-corrected chi connectivity index (χ1v) is 8.66.